The van der Waals surface area contributed by atoms with Gasteiger partial charge >= 0.3 is 5.97 Å². The Kier molecular flexibility index (Phi) is 8.18. The van der Waals surface area contributed by atoms with Crippen molar-refractivity contribution in [3.8, 4) is 11.5 Å². The number of ether oxygens (including phenoxy) is 2. The number of carbonyl (C=O) groups excluding carboxylic acids is 2. The lowest BCUT2D eigenvalue weighted by Gasteiger charge is -2.12. The van der Waals surface area contributed by atoms with Crippen molar-refractivity contribution in [1.29, 1.82) is 0 Å². The number of hydrogen-bond donors (Lipinski definition) is 1. The van der Waals surface area contributed by atoms with E-state index in [2.05, 4.69) is 10.5 Å². The van der Waals surface area contributed by atoms with E-state index in [1.807, 2.05) is 61.5 Å². The molecule has 7 heteroatoms. The molecule has 0 saturated carbocycles. The fourth-order valence-corrected chi connectivity index (χ4v) is 4.21. The molecule has 0 atom stereocenters. The Labute approximate surface area is 236 Å². The zero-order valence-electron chi connectivity index (χ0n) is 21.6. The van der Waals surface area contributed by atoms with E-state index >= 15 is 0 Å². The van der Waals surface area contributed by atoms with Crippen LogP contribution < -0.4 is 14.9 Å². The fourth-order valence-electron chi connectivity index (χ4n) is 4.08. The van der Waals surface area contributed by atoms with Gasteiger partial charge in [0.05, 0.1) is 17.3 Å². The van der Waals surface area contributed by atoms with E-state index in [9.17, 15) is 9.59 Å². The van der Waals surface area contributed by atoms with Crippen molar-refractivity contribution in [2.24, 2.45) is 5.10 Å². The Balaban J connectivity index is 1.35. The second-order valence-corrected chi connectivity index (χ2v) is 9.50. The van der Waals surface area contributed by atoms with Crippen LogP contribution in [0.2, 0.25) is 5.02 Å². The Morgan fingerprint density at radius 3 is 2.35 bits per heavy atom. The molecule has 198 valence electrons. The van der Waals surface area contributed by atoms with Crippen molar-refractivity contribution in [2.75, 3.05) is 0 Å². The molecule has 1 amide bonds. The molecule has 0 aromatic heterocycles. The normalized spacial score (nSPS) is 10.9. The lowest BCUT2D eigenvalue weighted by atomic mass is 10.0. The van der Waals surface area contributed by atoms with Gasteiger partial charge in [0.1, 0.15) is 18.1 Å². The van der Waals surface area contributed by atoms with E-state index in [-0.39, 0.29) is 6.61 Å². The summed E-state index contributed by atoms with van der Waals surface area (Å²) in [5, 5.41) is 6.60. The SMILES string of the molecule is Cc1ccc(C(=O)Oc2ccc3ccccc3c2/C=N\NC(=O)c2ccccc2OCc2ccc(Cl)cc2)cc1. The van der Waals surface area contributed by atoms with Crippen molar-refractivity contribution < 1.29 is 19.1 Å². The Hall–Kier alpha value is -4.94. The van der Waals surface area contributed by atoms with E-state index in [4.69, 9.17) is 21.1 Å². The molecule has 1 N–H and O–H groups in total. The van der Waals surface area contributed by atoms with Crippen molar-refractivity contribution in [3.05, 3.63) is 142 Å². The van der Waals surface area contributed by atoms with E-state index in [0.717, 1.165) is 21.9 Å². The number of amides is 1. The molecule has 6 nitrogen and oxygen atoms in total. The topological polar surface area (TPSA) is 77.0 Å². The predicted octanol–water partition coefficient (Wildman–Crippen LogP) is 7.36. The summed E-state index contributed by atoms with van der Waals surface area (Å²) in [4.78, 5) is 25.9. The zero-order valence-corrected chi connectivity index (χ0v) is 22.4. The Bertz CT molecular complexity index is 1700. The Morgan fingerprint density at radius 2 is 1.55 bits per heavy atom. The summed E-state index contributed by atoms with van der Waals surface area (Å²) in [6.45, 7) is 2.22. The number of fused-ring (bicyclic) bond motifs is 1. The number of benzene rings is 5. The predicted molar refractivity (Wildman–Crippen MR) is 157 cm³/mol. The molecule has 5 aromatic rings. The number of hydrogen-bond acceptors (Lipinski definition) is 5. The van der Waals surface area contributed by atoms with Crippen LogP contribution in [-0.2, 0) is 6.61 Å². The van der Waals surface area contributed by atoms with Crippen molar-refractivity contribution in [2.45, 2.75) is 13.5 Å². The summed E-state index contributed by atoms with van der Waals surface area (Å²) in [6, 6.07) is 32.6. The summed E-state index contributed by atoms with van der Waals surface area (Å²) in [5.74, 6) is -0.181. The highest BCUT2D eigenvalue weighted by atomic mass is 35.5. The molecule has 0 aliphatic heterocycles. The van der Waals surface area contributed by atoms with E-state index in [0.29, 0.717) is 33.2 Å². The molecule has 0 saturated heterocycles. The van der Waals surface area contributed by atoms with Gasteiger partial charge in [-0.3, -0.25) is 4.79 Å². The van der Waals surface area contributed by atoms with Crippen molar-refractivity contribution >= 4 is 40.5 Å². The molecule has 0 unspecified atom stereocenters. The van der Waals surface area contributed by atoms with Gasteiger partial charge in [-0.25, -0.2) is 10.2 Å². The zero-order chi connectivity index (χ0) is 27.9. The van der Waals surface area contributed by atoms with Gasteiger partial charge in [-0.05, 0) is 65.7 Å². The van der Waals surface area contributed by atoms with E-state index in [1.54, 1.807) is 54.6 Å². The quantitative estimate of drug-likeness (QED) is 0.0950. The first-order chi connectivity index (χ1) is 19.5. The first-order valence-electron chi connectivity index (χ1n) is 12.6. The van der Waals surface area contributed by atoms with Gasteiger partial charge in [-0.1, -0.05) is 83.9 Å². The number of nitrogens with zero attached hydrogens (tertiary/aromatic N) is 1. The van der Waals surface area contributed by atoms with Crippen LogP contribution in [0.5, 0.6) is 11.5 Å². The summed E-state index contributed by atoms with van der Waals surface area (Å²) in [7, 11) is 0. The van der Waals surface area contributed by atoms with Gasteiger partial charge in [-0.15, -0.1) is 0 Å². The largest absolute Gasteiger partial charge is 0.488 e. The molecular formula is C33H25ClN2O4. The minimum atomic E-state index is -0.485. The third kappa shape index (κ3) is 6.37. The van der Waals surface area contributed by atoms with Crippen LogP contribution >= 0.6 is 11.6 Å². The van der Waals surface area contributed by atoms with Gasteiger partial charge in [-0.2, -0.15) is 5.10 Å². The average Bonchev–Trinajstić information content (AvgIpc) is 2.98. The first kappa shape index (κ1) is 26.7. The number of esters is 1. The van der Waals surface area contributed by atoms with Crippen LogP contribution in [0.4, 0.5) is 0 Å². The van der Waals surface area contributed by atoms with E-state index < -0.39 is 11.9 Å². The number of para-hydroxylation sites is 1. The molecule has 0 spiro atoms. The molecule has 0 heterocycles. The molecule has 0 fully saturated rings. The molecule has 5 aromatic carbocycles. The molecule has 0 aliphatic carbocycles. The van der Waals surface area contributed by atoms with Crippen molar-refractivity contribution in [3.63, 3.8) is 0 Å². The second kappa shape index (κ2) is 12.3. The lowest BCUT2D eigenvalue weighted by Crippen LogP contribution is -2.19. The molecule has 5 rings (SSSR count). The monoisotopic (exact) mass is 548 g/mol. The standard InChI is InChI=1S/C33H25ClN2O4/c1-22-10-14-25(15-11-22)33(38)40-31-19-16-24-6-2-3-7-27(24)29(31)20-35-36-32(37)28-8-4-5-9-30(28)39-21-23-12-17-26(34)18-13-23/h2-20H,21H2,1H3,(H,36,37)/b35-20-. The first-order valence-corrected chi connectivity index (χ1v) is 13.0. The summed E-state index contributed by atoms with van der Waals surface area (Å²) >= 11 is 5.96. The van der Waals surface area contributed by atoms with E-state index in [1.165, 1.54) is 6.21 Å². The van der Waals surface area contributed by atoms with Gasteiger partial charge < -0.3 is 9.47 Å². The van der Waals surface area contributed by atoms with Crippen LogP contribution in [-0.4, -0.2) is 18.1 Å². The van der Waals surface area contributed by atoms with Gasteiger partial charge in [0, 0.05) is 10.6 Å². The number of halogens is 1. The van der Waals surface area contributed by atoms with Gasteiger partial charge in [0.15, 0.2) is 0 Å². The van der Waals surface area contributed by atoms with Gasteiger partial charge in [0.25, 0.3) is 5.91 Å². The molecule has 0 radical (unpaired) electrons. The van der Waals surface area contributed by atoms with Crippen LogP contribution in [0.1, 0.15) is 37.4 Å². The minimum absolute atomic E-state index is 0.274. The fraction of sp³-hybridized carbons (Fsp3) is 0.0606. The van der Waals surface area contributed by atoms with Crippen LogP contribution in [0, 0.1) is 6.92 Å². The maximum Gasteiger partial charge on any atom is 0.343 e. The third-order valence-electron chi connectivity index (χ3n) is 6.22. The summed E-state index contributed by atoms with van der Waals surface area (Å²) in [5.41, 5.74) is 5.86. The smallest absolute Gasteiger partial charge is 0.343 e. The number of nitrogens with one attached hydrogen (secondary N) is 1. The molecule has 0 aliphatic rings. The molecular weight excluding hydrogens is 524 g/mol. The molecule has 40 heavy (non-hydrogen) atoms. The highest BCUT2D eigenvalue weighted by molar-refractivity contribution is 6.30. The summed E-state index contributed by atoms with van der Waals surface area (Å²) < 4.78 is 11.7. The maximum atomic E-state index is 13.0. The molecule has 0 bridgehead atoms. The maximum absolute atomic E-state index is 13.0. The number of hydrazone groups is 1. The summed E-state index contributed by atoms with van der Waals surface area (Å²) in [6.07, 6.45) is 1.48. The average molecular weight is 549 g/mol. The highest BCUT2D eigenvalue weighted by Gasteiger charge is 2.15. The number of carbonyl (C=O) groups is 2. The van der Waals surface area contributed by atoms with Crippen LogP contribution in [0.25, 0.3) is 10.8 Å². The van der Waals surface area contributed by atoms with Crippen molar-refractivity contribution in [1.82, 2.24) is 5.43 Å². The second-order valence-electron chi connectivity index (χ2n) is 9.06. The Morgan fingerprint density at radius 1 is 0.825 bits per heavy atom. The van der Waals surface area contributed by atoms with Crippen LogP contribution in [0.15, 0.2) is 114 Å². The third-order valence-corrected chi connectivity index (χ3v) is 6.47. The number of aryl methyl sites for hydroxylation is 1. The number of rotatable bonds is 8. The lowest BCUT2D eigenvalue weighted by molar-refractivity contribution is 0.0734. The van der Waals surface area contributed by atoms with Gasteiger partial charge in [0.2, 0.25) is 0 Å². The highest BCUT2D eigenvalue weighted by Crippen LogP contribution is 2.28. The van der Waals surface area contributed by atoms with Crippen LogP contribution in [0.3, 0.4) is 0 Å². The minimum Gasteiger partial charge on any atom is -0.488 e.